The van der Waals surface area contributed by atoms with E-state index in [4.69, 9.17) is 0 Å². The van der Waals surface area contributed by atoms with Crippen molar-refractivity contribution in [2.75, 3.05) is 0 Å². The summed E-state index contributed by atoms with van der Waals surface area (Å²) in [6.07, 6.45) is 6.45. The number of hydrogen-bond acceptors (Lipinski definition) is 7. The quantitative estimate of drug-likeness (QED) is 0.602. The largest absolute Gasteiger partial charge is 0.295 e. The van der Waals surface area contributed by atoms with Crippen LogP contribution in [0.15, 0.2) is 27.8 Å². The van der Waals surface area contributed by atoms with Crippen molar-refractivity contribution in [3.05, 3.63) is 27.9 Å². The first-order chi connectivity index (χ1) is 13.3. The van der Waals surface area contributed by atoms with E-state index in [1.807, 2.05) is 6.92 Å². The molecular formula is C17H15BrN6O2S2. The van der Waals surface area contributed by atoms with Crippen LogP contribution in [0.2, 0.25) is 0 Å². The Morgan fingerprint density at radius 2 is 2.07 bits per heavy atom. The smallest absolute Gasteiger partial charge is 0.242 e. The van der Waals surface area contributed by atoms with Crippen molar-refractivity contribution in [2.24, 2.45) is 0 Å². The molecule has 2 aliphatic rings. The fourth-order valence-electron chi connectivity index (χ4n) is 3.02. The van der Waals surface area contributed by atoms with Gasteiger partial charge in [0, 0.05) is 11.7 Å². The van der Waals surface area contributed by atoms with Crippen LogP contribution < -0.4 is 4.72 Å². The molecule has 5 rings (SSSR count). The van der Waals surface area contributed by atoms with Gasteiger partial charge in [-0.1, -0.05) is 11.3 Å². The van der Waals surface area contributed by atoms with Crippen LogP contribution in [0.5, 0.6) is 0 Å². The molecule has 1 N–H and O–H groups in total. The molecule has 0 atom stereocenters. The Morgan fingerprint density at radius 3 is 2.71 bits per heavy atom. The van der Waals surface area contributed by atoms with Crippen LogP contribution >= 0.6 is 27.3 Å². The van der Waals surface area contributed by atoms with E-state index >= 15 is 0 Å². The summed E-state index contributed by atoms with van der Waals surface area (Å²) in [5, 5.41) is 19.1. The van der Waals surface area contributed by atoms with E-state index in [2.05, 4.69) is 41.9 Å². The molecule has 3 heterocycles. The highest BCUT2D eigenvalue weighted by atomic mass is 79.9. The van der Waals surface area contributed by atoms with Crippen LogP contribution in [0.3, 0.4) is 0 Å². The zero-order valence-electron chi connectivity index (χ0n) is 14.8. The number of nitrogens with zero attached hydrogens (tertiary/aromatic N) is 5. The zero-order valence-corrected chi connectivity index (χ0v) is 18.0. The third kappa shape index (κ3) is 2.86. The van der Waals surface area contributed by atoms with Crippen molar-refractivity contribution in [1.82, 2.24) is 24.3 Å². The molecule has 0 spiro atoms. The number of fused-ring (bicyclic) bond motifs is 1. The van der Waals surface area contributed by atoms with E-state index in [0.29, 0.717) is 25.8 Å². The van der Waals surface area contributed by atoms with Gasteiger partial charge in [-0.05, 0) is 54.6 Å². The summed E-state index contributed by atoms with van der Waals surface area (Å²) < 4.78 is 30.7. The van der Waals surface area contributed by atoms with E-state index < -0.39 is 15.4 Å². The summed E-state index contributed by atoms with van der Waals surface area (Å²) in [5.74, 6) is 0. The second kappa shape index (κ2) is 5.82. The van der Waals surface area contributed by atoms with Gasteiger partial charge in [0.25, 0.3) is 0 Å². The number of nitrogens with one attached hydrogen (secondary N) is 1. The standard InChI is InChI=1S/C17H15BrN6O2S2/c1-16(2-3-16)23-28(25,26)10-6-11(18)13-20-7-12(24(13)8-10)14-21-22-15(27-14)17(9-19)4-5-17/h6-8,23H,2-5H2,1H3. The first-order valence-electron chi connectivity index (χ1n) is 8.72. The molecule has 0 radical (unpaired) electrons. The molecule has 0 aromatic carbocycles. The maximum Gasteiger partial charge on any atom is 0.242 e. The van der Waals surface area contributed by atoms with E-state index in [0.717, 1.165) is 25.7 Å². The molecule has 0 bridgehead atoms. The summed E-state index contributed by atoms with van der Waals surface area (Å²) in [6.45, 7) is 1.90. The summed E-state index contributed by atoms with van der Waals surface area (Å²) in [5.41, 5.74) is 0.365. The third-order valence-electron chi connectivity index (χ3n) is 5.24. The van der Waals surface area contributed by atoms with Gasteiger partial charge in [-0.25, -0.2) is 18.1 Å². The molecule has 11 heteroatoms. The van der Waals surface area contributed by atoms with E-state index in [9.17, 15) is 13.7 Å². The van der Waals surface area contributed by atoms with Crippen molar-refractivity contribution in [3.63, 3.8) is 0 Å². The Kier molecular flexibility index (Phi) is 3.78. The Balaban J connectivity index is 1.60. The predicted octanol–water partition coefficient (Wildman–Crippen LogP) is 3.00. The molecular weight excluding hydrogens is 464 g/mol. The molecule has 0 saturated heterocycles. The highest BCUT2D eigenvalue weighted by molar-refractivity contribution is 9.10. The van der Waals surface area contributed by atoms with Gasteiger partial charge in [-0.2, -0.15) is 5.26 Å². The lowest BCUT2D eigenvalue weighted by atomic mass is 10.1. The minimum atomic E-state index is -3.66. The minimum Gasteiger partial charge on any atom is -0.295 e. The number of halogens is 1. The van der Waals surface area contributed by atoms with Gasteiger partial charge in [0.1, 0.15) is 16.1 Å². The summed E-state index contributed by atoms with van der Waals surface area (Å²) in [7, 11) is -3.66. The van der Waals surface area contributed by atoms with Crippen molar-refractivity contribution >= 4 is 42.9 Å². The molecule has 28 heavy (non-hydrogen) atoms. The maximum atomic E-state index is 12.8. The number of sulfonamides is 1. The molecule has 3 aromatic heterocycles. The number of hydrogen-bond donors (Lipinski definition) is 1. The summed E-state index contributed by atoms with van der Waals surface area (Å²) >= 11 is 4.78. The molecule has 0 amide bonds. The van der Waals surface area contributed by atoms with Crippen LogP contribution in [0, 0.1) is 11.3 Å². The number of rotatable bonds is 5. The van der Waals surface area contributed by atoms with E-state index in [-0.39, 0.29) is 10.4 Å². The Morgan fingerprint density at radius 1 is 1.32 bits per heavy atom. The molecule has 2 fully saturated rings. The average Bonchev–Trinajstić information content (AvgIpc) is 3.46. The van der Waals surface area contributed by atoms with Crippen molar-refractivity contribution < 1.29 is 8.42 Å². The van der Waals surface area contributed by atoms with Gasteiger partial charge < -0.3 is 0 Å². The van der Waals surface area contributed by atoms with Crippen LogP contribution in [0.25, 0.3) is 16.3 Å². The van der Waals surface area contributed by atoms with Gasteiger partial charge in [0.05, 0.1) is 21.6 Å². The van der Waals surface area contributed by atoms with Gasteiger partial charge >= 0.3 is 0 Å². The molecule has 0 unspecified atom stereocenters. The van der Waals surface area contributed by atoms with Gasteiger partial charge in [0.15, 0.2) is 10.7 Å². The third-order valence-corrected chi connectivity index (χ3v) is 8.58. The average molecular weight is 479 g/mol. The lowest BCUT2D eigenvalue weighted by Gasteiger charge is -2.13. The SMILES string of the molecule is CC1(NS(=O)(=O)c2cc(Br)c3ncc(-c4nnc(C5(C#N)CC5)s4)n3c2)CC1. The van der Waals surface area contributed by atoms with Crippen LogP contribution in [-0.4, -0.2) is 33.5 Å². The monoisotopic (exact) mass is 478 g/mol. The van der Waals surface area contributed by atoms with Crippen LogP contribution in [0.4, 0.5) is 0 Å². The molecule has 2 aliphatic carbocycles. The number of imidazole rings is 1. The Labute approximate surface area is 173 Å². The van der Waals surface area contributed by atoms with Gasteiger partial charge in [-0.3, -0.25) is 4.40 Å². The zero-order chi connectivity index (χ0) is 19.7. The van der Waals surface area contributed by atoms with Crippen molar-refractivity contribution in [1.29, 1.82) is 5.26 Å². The lowest BCUT2D eigenvalue weighted by molar-refractivity contribution is 0.557. The van der Waals surface area contributed by atoms with Gasteiger partial charge in [-0.15, -0.1) is 10.2 Å². The number of nitriles is 1. The van der Waals surface area contributed by atoms with Crippen LogP contribution in [-0.2, 0) is 15.4 Å². The van der Waals surface area contributed by atoms with Crippen molar-refractivity contribution in [3.8, 4) is 16.8 Å². The molecule has 3 aromatic rings. The second-order valence-corrected chi connectivity index (χ2v) is 11.1. The Hall–Kier alpha value is -1.87. The summed E-state index contributed by atoms with van der Waals surface area (Å²) in [4.78, 5) is 4.54. The number of aromatic nitrogens is 4. The highest BCUT2D eigenvalue weighted by Crippen LogP contribution is 2.49. The van der Waals surface area contributed by atoms with Crippen molar-refractivity contribution in [2.45, 2.75) is 48.5 Å². The predicted molar refractivity (Wildman–Crippen MR) is 106 cm³/mol. The molecule has 2 saturated carbocycles. The highest BCUT2D eigenvalue weighted by Gasteiger charge is 2.48. The fourth-order valence-corrected chi connectivity index (χ4v) is 6.25. The normalized spacial score (nSPS) is 19.5. The lowest BCUT2D eigenvalue weighted by Crippen LogP contribution is -2.34. The van der Waals surface area contributed by atoms with E-state index in [1.54, 1.807) is 22.9 Å². The minimum absolute atomic E-state index is 0.152. The van der Waals surface area contributed by atoms with E-state index in [1.165, 1.54) is 11.3 Å². The maximum absolute atomic E-state index is 12.8. The van der Waals surface area contributed by atoms with Crippen LogP contribution in [0.1, 0.15) is 37.6 Å². The second-order valence-electron chi connectivity index (χ2n) is 7.63. The number of pyridine rings is 1. The molecule has 0 aliphatic heterocycles. The topological polar surface area (TPSA) is 113 Å². The molecule has 8 nitrogen and oxygen atoms in total. The summed E-state index contributed by atoms with van der Waals surface area (Å²) in [6, 6.07) is 3.88. The fraction of sp³-hybridized carbons (Fsp3) is 0.412. The van der Waals surface area contributed by atoms with Gasteiger partial charge in [0.2, 0.25) is 10.0 Å². The first-order valence-corrected chi connectivity index (χ1v) is 11.8. The first kappa shape index (κ1) is 18.2. The Bertz CT molecular complexity index is 1260. The molecule has 144 valence electrons.